The second kappa shape index (κ2) is 9.10. The van der Waals surface area contributed by atoms with E-state index in [1.807, 2.05) is 6.07 Å². The lowest BCUT2D eigenvalue weighted by molar-refractivity contribution is 0.320. The van der Waals surface area contributed by atoms with Crippen molar-refractivity contribution in [1.82, 2.24) is 4.90 Å². The molecule has 0 radical (unpaired) electrons. The molecule has 112 valence electrons. The lowest BCUT2D eigenvalue weighted by Gasteiger charge is -2.17. The van der Waals surface area contributed by atoms with Crippen molar-refractivity contribution in [2.24, 2.45) is 5.16 Å². The molecule has 0 atom stereocenters. The fourth-order valence-corrected chi connectivity index (χ4v) is 2.93. The first-order valence-electron chi connectivity index (χ1n) is 6.57. The Morgan fingerprint density at radius 3 is 2.60 bits per heavy atom. The molecule has 1 N–H and O–H groups in total. The van der Waals surface area contributed by atoms with Crippen molar-refractivity contribution in [3.05, 3.63) is 28.8 Å². The van der Waals surface area contributed by atoms with Crippen LogP contribution >= 0.6 is 23.4 Å². The molecule has 0 aromatic heterocycles. The molecule has 0 aliphatic carbocycles. The number of thioether (sulfide) groups is 1. The zero-order valence-electron chi connectivity index (χ0n) is 12.1. The standard InChI is InChI=1S/C14H21ClN2O2S/c1-4-17(5-2)8-9-20-14(16-18)11-6-7-13(19-3)12(15)10-11/h6-7,10,18H,4-5,8-9H2,1-3H3/b16-14+. The summed E-state index contributed by atoms with van der Waals surface area (Å²) in [6.07, 6.45) is 0. The van der Waals surface area contributed by atoms with Gasteiger partial charge in [0.15, 0.2) is 0 Å². The molecule has 0 saturated heterocycles. The number of oxime groups is 1. The molecule has 1 rings (SSSR count). The van der Waals surface area contributed by atoms with Crippen LogP contribution in [0.1, 0.15) is 19.4 Å². The highest BCUT2D eigenvalue weighted by molar-refractivity contribution is 8.14. The summed E-state index contributed by atoms with van der Waals surface area (Å²) in [6.45, 7) is 7.28. The first-order valence-corrected chi connectivity index (χ1v) is 7.93. The third kappa shape index (κ3) is 4.89. The molecule has 1 aromatic carbocycles. The van der Waals surface area contributed by atoms with Crippen molar-refractivity contribution in [2.45, 2.75) is 13.8 Å². The van der Waals surface area contributed by atoms with E-state index in [1.165, 1.54) is 11.8 Å². The van der Waals surface area contributed by atoms with E-state index in [0.717, 1.165) is 31.0 Å². The van der Waals surface area contributed by atoms with Gasteiger partial charge in [0, 0.05) is 17.9 Å². The number of halogens is 1. The molecule has 0 saturated carbocycles. The van der Waals surface area contributed by atoms with Crippen LogP contribution in [0, 0.1) is 0 Å². The van der Waals surface area contributed by atoms with E-state index in [9.17, 15) is 0 Å². The number of nitrogens with zero attached hydrogens (tertiary/aromatic N) is 2. The Kier molecular flexibility index (Phi) is 7.80. The number of benzene rings is 1. The van der Waals surface area contributed by atoms with Crippen molar-refractivity contribution in [2.75, 3.05) is 32.5 Å². The molecular formula is C14H21ClN2O2S. The molecule has 0 fully saturated rings. The van der Waals surface area contributed by atoms with E-state index < -0.39 is 0 Å². The van der Waals surface area contributed by atoms with Gasteiger partial charge in [-0.3, -0.25) is 0 Å². The van der Waals surface area contributed by atoms with E-state index >= 15 is 0 Å². The lowest BCUT2D eigenvalue weighted by atomic mass is 10.2. The van der Waals surface area contributed by atoms with E-state index in [1.54, 1.807) is 19.2 Å². The van der Waals surface area contributed by atoms with Gasteiger partial charge in [-0.1, -0.05) is 30.6 Å². The Morgan fingerprint density at radius 1 is 1.40 bits per heavy atom. The van der Waals surface area contributed by atoms with Crippen LogP contribution in [0.15, 0.2) is 23.4 Å². The van der Waals surface area contributed by atoms with Crippen LogP contribution in [0.3, 0.4) is 0 Å². The predicted molar refractivity (Wildman–Crippen MR) is 86.6 cm³/mol. The highest BCUT2D eigenvalue weighted by Gasteiger charge is 2.09. The molecule has 0 unspecified atom stereocenters. The van der Waals surface area contributed by atoms with Crippen LogP contribution in [-0.4, -0.2) is 47.6 Å². The Labute approximate surface area is 129 Å². The molecule has 0 aliphatic heterocycles. The van der Waals surface area contributed by atoms with Gasteiger partial charge in [-0.25, -0.2) is 0 Å². The van der Waals surface area contributed by atoms with Crippen molar-refractivity contribution in [3.8, 4) is 5.75 Å². The van der Waals surface area contributed by atoms with Crippen molar-refractivity contribution >= 4 is 28.4 Å². The van der Waals surface area contributed by atoms with Gasteiger partial charge in [-0.05, 0) is 31.3 Å². The minimum absolute atomic E-state index is 0.510. The van der Waals surface area contributed by atoms with Gasteiger partial charge in [-0.15, -0.1) is 11.8 Å². The monoisotopic (exact) mass is 316 g/mol. The van der Waals surface area contributed by atoms with Gasteiger partial charge in [0.1, 0.15) is 10.8 Å². The second-order valence-electron chi connectivity index (χ2n) is 4.13. The maximum atomic E-state index is 9.16. The van der Waals surface area contributed by atoms with E-state index in [2.05, 4.69) is 23.9 Å². The third-order valence-corrected chi connectivity index (χ3v) is 4.30. The second-order valence-corrected chi connectivity index (χ2v) is 5.62. The highest BCUT2D eigenvalue weighted by atomic mass is 35.5. The summed E-state index contributed by atoms with van der Waals surface area (Å²) in [7, 11) is 1.57. The van der Waals surface area contributed by atoms with E-state index in [4.69, 9.17) is 21.5 Å². The summed E-state index contributed by atoms with van der Waals surface area (Å²) in [4.78, 5) is 2.32. The van der Waals surface area contributed by atoms with Gasteiger partial charge in [0.25, 0.3) is 0 Å². The van der Waals surface area contributed by atoms with E-state index in [0.29, 0.717) is 15.8 Å². The molecule has 0 heterocycles. The third-order valence-electron chi connectivity index (χ3n) is 3.03. The van der Waals surface area contributed by atoms with Gasteiger partial charge in [0.2, 0.25) is 0 Å². The molecule has 1 aromatic rings. The van der Waals surface area contributed by atoms with Crippen LogP contribution in [0.5, 0.6) is 5.75 Å². The normalized spacial score (nSPS) is 11.9. The van der Waals surface area contributed by atoms with Crippen LogP contribution in [0.4, 0.5) is 0 Å². The zero-order chi connectivity index (χ0) is 15.0. The lowest BCUT2D eigenvalue weighted by Crippen LogP contribution is -2.25. The summed E-state index contributed by atoms with van der Waals surface area (Å²) in [6, 6.07) is 5.36. The molecule has 4 nitrogen and oxygen atoms in total. The van der Waals surface area contributed by atoms with Gasteiger partial charge in [0.05, 0.1) is 12.1 Å². The summed E-state index contributed by atoms with van der Waals surface area (Å²) >= 11 is 7.60. The molecule has 0 aliphatic rings. The van der Waals surface area contributed by atoms with Crippen LogP contribution in [-0.2, 0) is 0 Å². The smallest absolute Gasteiger partial charge is 0.143 e. The van der Waals surface area contributed by atoms with Gasteiger partial charge < -0.3 is 14.8 Å². The van der Waals surface area contributed by atoms with Crippen LogP contribution in [0.2, 0.25) is 5.02 Å². The molecule has 20 heavy (non-hydrogen) atoms. The van der Waals surface area contributed by atoms with Crippen molar-refractivity contribution in [1.29, 1.82) is 0 Å². The quantitative estimate of drug-likeness (QED) is 0.361. The number of ether oxygens (including phenoxy) is 1. The summed E-state index contributed by atoms with van der Waals surface area (Å²) in [5.41, 5.74) is 0.794. The maximum absolute atomic E-state index is 9.16. The molecule has 0 amide bonds. The Morgan fingerprint density at radius 2 is 2.10 bits per heavy atom. The Bertz CT molecular complexity index is 451. The zero-order valence-corrected chi connectivity index (χ0v) is 13.7. The minimum atomic E-state index is 0.510. The summed E-state index contributed by atoms with van der Waals surface area (Å²) in [5, 5.41) is 13.6. The molecule has 6 heteroatoms. The highest BCUT2D eigenvalue weighted by Crippen LogP contribution is 2.27. The Hall–Kier alpha value is -0.910. The topological polar surface area (TPSA) is 45.1 Å². The fourth-order valence-electron chi connectivity index (χ4n) is 1.78. The largest absolute Gasteiger partial charge is 0.495 e. The SMILES string of the molecule is CCN(CC)CCS/C(=N/O)c1ccc(OC)c(Cl)c1. The van der Waals surface area contributed by atoms with Crippen molar-refractivity contribution in [3.63, 3.8) is 0 Å². The molecule has 0 bridgehead atoms. The summed E-state index contributed by atoms with van der Waals surface area (Å²) < 4.78 is 5.11. The average molecular weight is 317 g/mol. The maximum Gasteiger partial charge on any atom is 0.143 e. The predicted octanol–water partition coefficient (Wildman–Crippen LogP) is 3.56. The van der Waals surface area contributed by atoms with Crippen molar-refractivity contribution < 1.29 is 9.94 Å². The number of rotatable bonds is 7. The first kappa shape index (κ1) is 17.1. The van der Waals surface area contributed by atoms with Gasteiger partial charge in [-0.2, -0.15) is 0 Å². The minimum Gasteiger partial charge on any atom is -0.495 e. The number of hydrogen-bond donors (Lipinski definition) is 1. The van der Waals surface area contributed by atoms with Gasteiger partial charge >= 0.3 is 0 Å². The number of methoxy groups -OCH3 is 1. The fraction of sp³-hybridized carbons (Fsp3) is 0.500. The average Bonchev–Trinajstić information content (AvgIpc) is 2.47. The molecule has 0 spiro atoms. The van der Waals surface area contributed by atoms with Crippen LogP contribution in [0.25, 0.3) is 0 Å². The first-order chi connectivity index (χ1) is 9.65. The Balaban J connectivity index is 2.65. The van der Waals surface area contributed by atoms with Crippen LogP contribution < -0.4 is 4.74 Å². The van der Waals surface area contributed by atoms with E-state index in [-0.39, 0.29) is 0 Å². The molecular weight excluding hydrogens is 296 g/mol. The number of hydrogen-bond acceptors (Lipinski definition) is 5. The summed E-state index contributed by atoms with van der Waals surface area (Å²) in [5.74, 6) is 1.48.